The Bertz CT molecular complexity index is 407. The highest BCUT2D eigenvalue weighted by Crippen LogP contribution is 2.32. The molecular weight excluding hydrogens is 251 g/mol. The smallest absolute Gasteiger partial charge is 0.416 e. The number of ether oxygens (including phenoxy) is 1. The lowest BCUT2D eigenvalue weighted by Crippen LogP contribution is -2.52. The highest BCUT2D eigenvalue weighted by Gasteiger charge is 2.35. The van der Waals surface area contributed by atoms with Crippen LogP contribution in [0.5, 0.6) is 5.75 Å². The first-order chi connectivity index (χ1) is 8.16. The standard InChI is InChI=1S/C11H14F3NO3/c1-2-9(15)11(16,17)18-8-5-3-4-7(6-8)10(12,13)14/h3-6,9,16-17H,2,15H2,1H3. The van der Waals surface area contributed by atoms with Gasteiger partial charge in [0.1, 0.15) is 5.75 Å². The summed E-state index contributed by atoms with van der Waals surface area (Å²) in [4.78, 5) is 0. The van der Waals surface area contributed by atoms with Gasteiger partial charge in [-0.3, -0.25) is 0 Å². The van der Waals surface area contributed by atoms with Crippen LogP contribution in [-0.2, 0) is 6.18 Å². The van der Waals surface area contributed by atoms with E-state index < -0.39 is 23.8 Å². The van der Waals surface area contributed by atoms with Crippen LogP contribution in [0.3, 0.4) is 0 Å². The fourth-order valence-corrected chi connectivity index (χ4v) is 1.25. The third-order valence-corrected chi connectivity index (χ3v) is 2.35. The fraction of sp³-hybridized carbons (Fsp3) is 0.455. The zero-order valence-electron chi connectivity index (χ0n) is 9.61. The summed E-state index contributed by atoms with van der Waals surface area (Å²) in [6.07, 6.45) is -4.34. The van der Waals surface area contributed by atoms with Crippen LogP contribution in [-0.4, -0.2) is 22.2 Å². The quantitative estimate of drug-likeness (QED) is 0.720. The van der Waals surface area contributed by atoms with Crippen LogP contribution in [0, 0.1) is 0 Å². The van der Waals surface area contributed by atoms with Crippen LogP contribution in [0.2, 0.25) is 0 Å². The molecule has 1 atom stereocenters. The van der Waals surface area contributed by atoms with E-state index in [2.05, 4.69) is 4.74 Å². The molecule has 0 fully saturated rings. The lowest BCUT2D eigenvalue weighted by atomic mass is 10.2. The van der Waals surface area contributed by atoms with Crippen molar-refractivity contribution in [1.82, 2.24) is 0 Å². The lowest BCUT2D eigenvalue weighted by molar-refractivity contribution is -0.304. The molecule has 4 nitrogen and oxygen atoms in total. The summed E-state index contributed by atoms with van der Waals surface area (Å²) in [6.45, 7) is 1.58. The van der Waals surface area contributed by atoms with Crippen LogP contribution in [0.4, 0.5) is 13.2 Å². The first kappa shape index (κ1) is 14.7. The summed E-state index contributed by atoms with van der Waals surface area (Å²) in [6, 6.07) is 2.67. The van der Waals surface area contributed by atoms with Crippen molar-refractivity contribution >= 4 is 0 Å². The third kappa shape index (κ3) is 3.59. The number of hydrogen-bond donors (Lipinski definition) is 3. The SMILES string of the molecule is CCC(N)C(O)(O)Oc1cccc(C(F)(F)F)c1. The summed E-state index contributed by atoms with van der Waals surface area (Å²) >= 11 is 0. The van der Waals surface area contributed by atoms with Crippen LogP contribution < -0.4 is 10.5 Å². The molecule has 1 aromatic rings. The van der Waals surface area contributed by atoms with Crippen molar-refractivity contribution < 1.29 is 28.1 Å². The maximum atomic E-state index is 12.4. The molecule has 0 bridgehead atoms. The van der Waals surface area contributed by atoms with E-state index in [4.69, 9.17) is 5.73 Å². The predicted octanol–water partition coefficient (Wildman–Crippen LogP) is 1.46. The van der Waals surface area contributed by atoms with Crippen molar-refractivity contribution in [3.8, 4) is 5.75 Å². The second kappa shape index (κ2) is 5.13. The van der Waals surface area contributed by atoms with Crippen molar-refractivity contribution in [2.24, 2.45) is 5.73 Å². The van der Waals surface area contributed by atoms with E-state index in [1.54, 1.807) is 6.92 Å². The second-order valence-corrected chi connectivity index (χ2v) is 3.80. The molecular formula is C11H14F3NO3. The van der Waals surface area contributed by atoms with Gasteiger partial charge in [-0.15, -0.1) is 0 Å². The first-order valence-corrected chi connectivity index (χ1v) is 5.23. The zero-order valence-corrected chi connectivity index (χ0v) is 9.61. The number of alkyl halides is 3. The summed E-state index contributed by atoms with van der Waals surface area (Å²) in [5, 5.41) is 18.9. The van der Waals surface area contributed by atoms with Crippen molar-refractivity contribution in [2.45, 2.75) is 31.5 Å². The molecule has 1 rings (SSSR count). The van der Waals surface area contributed by atoms with Crippen molar-refractivity contribution in [3.63, 3.8) is 0 Å². The minimum absolute atomic E-state index is 0.186. The van der Waals surface area contributed by atoms with Crippen molar-refractivity contribution in [2.75, 3.05) is 0 Å². The van der Waals surface area contributed by atoms with Crippen LogP contribution in [0.1, 0.15) is 18.9 Å². The molecule has 0 saturated carbocycles. The summed E-state index contributed by atoms with van der Waals surface area (Å²) in [7, 11) is 0. The van der Waals surface area contributed by atoms with Crippen LogP contribution in [0.25, 0.3) is 0 Å². The fourth-order valence-electron chi connectivity index (χ4n) is 1.25. The van der Waals surface area contributed by atoms with Gasteiger partial charge in [0.25, 0.3) is 0 Å². The number of aliphatic hydroxyl groups is 2. The highest BCUT2D eigenvalue weighted by molar-refractivity contribution is 5.30. The number of nitrogens with two attached hydrogens (primary N) is 1. The number of benzene rings is 1. The lowest BCUT2D eigenvalue weighted by Gasteiger charge is -2.27. The number of rotatable bonds is 4. The Balaban J connectivity index is 2.92. The molecule has 0 spiro atoms. The molecule has 0 radical (unpaired) electrons. The van der Waals surface area contributed by atoms with E-state index in [0.29, 0.717) is 6.07 Å². The van der Waals surface area contributed by atoms with Crippen LogP contribution in [0.15, 0.2) is 24.3 Å². The molecule has 1 unspecified atom stereocenters. The third-order valence-electron chi connectivity index (χ3n) is 2.35. The molecule has 0 aliphatic carbocycles. The van der Waals surface area contributed by atoms with Gasteiger partial charge in [0, 0.05) is 0 Å². The van der Waals surface area contributed by atoms with E-state index in [1.807, 2.05) is 0 Å². The van der Waals surface area contributed by atoms with Gasteiger partial charge >= 0.3 is 12.1 Å². The predicted molar refractivity (Wildman–Crippen MR) is 57.5 cm³/mol. The molecule has 0 aliphatic rings. The molecule has 4 N–H and O–H groups in total. The molecule has 0 heterocycles. The van der Waals surface area contributed by atoms with Gasteiger partial charge in [0.05, 0.1) is 11.6 Å². The number of hydrogen-bond acceptors (Lipinski definition) is 4. The van der Waals surface area contributed by atoms with Gasteiger partial charge in [0.2, 0.25) is 0 Å². The van der Waals surface area contributed by atoms with E-state index in [-0.39, 0.29) is 12.2 Å². The molecule has 7 heteroatoms. The Morgan fingerprint density at radius 3 is 2.44 bits per heavy atom. The summed E-state index contributed by atoms with van der Waals surface area (Å²) in [5.74, 6) is -3.03. The molecule has 0 amide bonds. The maximum absolute atomic E-state index is 12.4. The molecule has 18 heavy (non-hydrogen) atoms. The average Bonchev–Trinajstić information content (AvgIpc) is 2.26. The Morgan fingerprint density at radius 1 is 1.33 bits per heavy atom. The Kier molecular flexibility index (Phi) is 4.20. The first-order valence-electron chi connectivity index (χ1n) is 5.23. The molecule has 0 aliphatic heterocycles. The van der Waals surface area contributed by atoms with Crippen molar-refractivity contribution in [1.29, 1.82) is 0 Å². The monoisotopic (exact) mass is 265 g/mol. The van der Waals surface area contributed by atoms with Gasteiger partial charge < -0.3 is 20.7 Å². The van der Waals surface area contributed by atoms with Gasteiger partial charge in [-0.1, -0.05) is 13.0 Å². The molecule has 0 saturated heterocycles. The Labute approximate surface area is 102 Å². The molecule has 0 aromatic heterocycles. The minimum Gasteiger partial charge on any atom is -0.438 e. The van der Waals surface area contributed by atoms with Gasteiger partial charge in [0.15, 0.2) is 0 Å². The Hall–Kier alpha value is -1.31. The summed E-state index contributed by atoms with van der Waals surface area (Å²) in [5.41, 5.74) is 4.43. The van der Waals surface area contributed by atoms with Gasteiger partial charge in [-0.05, 0) is 24.6 Å². The maximum Gasteiger partial charge on any atom is 0.416 e. The Morgan fingerprint density at radius 2 is 1.94 bits per heavy atom. The second-order valence-electron chi connectivity index (χ2n) is 3.80. The largest absolute Gasteiger partial charge is 0.438 e. The number of halogens is 3. The molecule has 1 aromatic carbocycles. The topological polar surface area (TPSA) is 75.7 Å². The normalized spacial score (nSPS) is 14.4. The van der Waals surface area contributed by atoms with E-state index >= 15 is 0 Å². The van der Waals surface area contributed by atoms with E-state index in [9.17, 15) is 23.4 Å². The van der Waals surface area contributed by atoms with Gasteiger partial charge in [-0.25, -0.2) is 0 Å². The van der Waals surface area contributed by atoms with E-state index in [0.717, 1.165) is 12.1 Å². The highest BCUT2D eigenvalue weighted by atomic mass is 19.4. The molecule has 102 valence electrons. The van der Waals surface area contributed by atoms with Crippen LogP contribution >= 0.6 is 0 Å². The summed E-state index contributed by atoms with van der Waals surface area (Å²) < 4.78 is 41.9. The van der Waals surface area contributed by atoms with Crippen molar-refractivity contribution in [3.05, 3.63) is 29.8 Å². The zero-order chi connectivity index (χ0) is 14.0. The van der Waals surface area contributed by atoms with Gasteiger partial charge in [-0.2, -0.15) is 13.2 Å². The average molecular weight is 265 g/mol. The van der Waals surface area contributed by atoms with E-state index in [1.165, 1.54) is 6.07 Å². The minimum atomic E-state index is -4.53.